The average molecular weight is 419 g/mol. The first-order valence-corrected chi connectivity index (χ1v) is 9.95. The molecular formula is C25H25NO5. The summed E-state index contributed by atoms with van der Waals surface area (Å²) in [5.74, 6) is 1.06. The van der Waals surface area contributed by atoms with Gasteiger partial charge in [0.2, 0.25) is 0 Å². The van der Waals surface area contributed by atoms with Crippen molar-refractivity contribution in [2.24, 2.45) is 0 Å². The third-order valence-electron chi connectivity index (χ3n) is 4.55. The van der Waals surface area contributed by atoms with Crippen molar-refractivity contribution in [3.63, 3.8) is 0 Å². The number of ether oxygens (including phenoxy) is 3. The zero-order chi connectivity index (χ0) is 22.1. The first-order valence-electron chi connectivity index (χ1n) is 9.95. The maximum atomic E-state index is 12.3. The molecule has 0 spiro atoms. The maximum Gasteiger partial charge on any atom is 0.306 e. The quantitative estimate of drug-likeness (QED) is 0.499. The summed E-state index contributed by atoms with van der Waals surface area (Å²) in [6.45, 7) is 1.64. The lowest BCUT2D eigenvalue weighted by Gasteiger charge is -2.12. The van der Waals surface area contributed by atoms with Crippen LogP contribution in [-0.4, -0.2) is 25.6 Å². The van der Waals surface area contributed by atoms with E-state index in [9.17, 15) is 9.59 Å². The highest BCUT2D eigenvalue weighted by Crippen LogP contribution is 2.29. The van der Waals surface area contributed by atoms with Crippen LogP contribution in [0, 0.1) is 6.92 Å². The van der Waals surface area contributed by atoms with Crippen LogP contribution in [0.2, 0.25) is 0 Å². The molecule has 0 radical (unpaired) electrons. The smallest absolute Gasteiger partial charge is 0.306 e. The predicted molar refractivity (Wildman–Crippen MR) is 119 cm³/mol. The molecule has 1 amide bonds. The van der Waals surface area contributed by atoms with Gasteiger partial charge in [0, 0.05) is 6.42 Å². The second kappa shape index (κ2) is 10.8. The molecule has 3 aromatic rings. The van der Waals surface area contributed by atoms with Crippen LogP contribution >= 0.6 is 0 Å². The van der Waals surface area contributed by atoms with E-state index in [1.165, 1.54) is 0 Å². The lowest BCUT2D eigenvalue weighted by Crippen LogP contribution is -2.21. The van der Waals surface area contributed by atoms with Gasteiger partial charge in [-0.1, -0.05) is 42.0 Å². The topological polar surface area (TPSA) is 73.9 Å². The van der Waals surface area contributed by atoms with Crippen LogP contribution in [0.5, 0.6) is 17.2 Å². The fourth-order valence-electron chi connectivity index (χ4n) is 2.84. The number of nitrogens with one attached hydrogen (secondary N) is 1. The molecule has 0 saturated heterocycles. The number of methoxy groups -OCH3 is 1. The Kier molecular flexibility index (Phi) is 7.65. The zero-order valence-electron chi connectivity index (χ0n) is 17.6. The maximum absolute atomic E-state index is 12.3. The summed E-state index contributed by atoms with van der Waals surface area (Å²) < 4.78 is 16.1. The highest BCUT2D eigenvalue weighted by Gasteiger charge is 2.11. The number of hydrogen-bond acceptors (Lipinski definition) is 5. The first kappa shape index (κ1) is 21.9. The monoisotopic (exact) mass is 419 g/mol. The van der Waals surface area contributed by atoms with Crippen LogP contribution in [0.1, 0.15) is 17.5 Å². The molecular weight excluding hydrogens is 394 g/mol. The number of carbonyl (C=O) groups is 2. The van der Waals surface area contributed by atoms with Crippen LogP contribution in [0.4, 0.5) is 5.69 Å². The van der Waals surface area contributed by atoms with E-state index < -0.39 is 11.9 Å². The molecule has 0 aromatic heterocycles. The van der Waals surface area contributed by atoms with Gasteiger partial charge in [0.1, 0.15) is 11.5 Å². The summed E-state index contributed by atoms with van der Waals surface area (Å²) in [5.41, 5.74) is 2.62. The number of aryl methyl sites for hydroxylation is 2. The van der Waals surface area contributed by atoms with Crippen LogP contribution in [-0.2, 0) is 20.7 Å². The number of anilines is 1. The minimum Gasteiger partial charge on any atom is -0.497 e. The minimum absolute atomic E-state index is 0.187. The van der Waals surface area contributed by atoms with Crippen molar-refractivity contribution in [1.29, 1.82) is 0 Å². The molecule has 6 heteroatoms. The summed E-state index contributed by atoms with van der Waals surface area (Å²) in [4.78, 5) is 24.2. The summed E-state index contributed by atoms with van der Waals surface area (Å²) in [7, 11) is 1.60. The number of amides is 1. The molecule has 160 valence electrons. The predicted octanol–water partition coefficient (Wildman–Crippen LogP) is 4.91. The van der Waals surface area contributed by atoms with Crippen molar-refractivity contribution in [2.75, 3.05) is 19.0 Å². The molecule has 3 rings (SSSR count). The molecule has 0 unspecified atom stereocenters. The van der Waals surface area contributed by atoms with Crippen molar-refractivity contribution in [2.45, 2.75) is 19.8 Å². The molecule has 0 aliphatic carbocycles. The Hall–Kier alpha value is -3.80. The van der Waals surface area contributed by atoms with E-state index in [2.05, 4.69) is 5.32 Å². The van der Waals surface area contributed by atoms with Crippen LogP contribution in [0.25, 0.3) is 0 Å². The van der Waals surface area contributed by atoms with E-state index in [1.54, 1.807) is 25.3 Å². The van der Waals surface area contributed by atoms with Gasteiger partial charge in [-0.15, -0.1) is 0 Å². The largest absolute Gasteiger partial charge is 0.497 e. The van der Waals surface area contributed by atoms with Crippen molar-refractivity contribution in [1.82, 2.24) is 0 Å². The van der Waals surface area contributed by atoms with Crippen molar-refractivity contribution in [3.05, 3.63) is 83.9 Å². The normalized spacial score (nSPS) is 10.3. The van der Waals surface area contributed by atoms with Crippen molar-refractivity contribution >= 4 is 17.6 Å². The molecule has 0 atom stereocenters. The standard InChI is InChI=1S/C25H25NO5/c1-18-7-12-21(13-8-18)31-23-6-4-3-5-22(23)26-24(27)17-30-25(28)16-11-19-9-14-20(29-2)15-10-19/h3-10,12-15H,11,16-17H2,1-2H3,(H,26,27). The fourth-order valence-corrected chi connectivity index (χ4v) is 2.84. The van der Waals surface area contributed by atoms with Crippen LogP contribution < -0.4 is 14.8 Å². The molecule has 0 bridgehead atoms. The van der Waals surface area contributed by atoms with Gasteiger partial charge in [0.15, 0.2) is 12.4 Å². The van der Waals surface area contributed by atoms with Gasteiger partial charge in [0.05, 0.1) is 12.8 Å². The number of hydrogen-bond donors (Lipinski definition) is 1. The van der Waals surface area contributed by atoms with Gasteiger partial charge in [-0.3, -0.25) is 9.59 Å². The number of esters is 1. The van der Waals surface area contributed by atoms with Gasteiger partial charge in [-0.05, 0) is 55.3 Å². The van der Waals surface area contributed by atoms with Crippen molar-refractivity contribution in [3.8, 4) is 17.2 Å². The average Bonchev–Trinajstić information content (AvgIpc) is 2.79. The zero-order valence-corrected chi connectivity index (χ0v) is 17.6. The summed E-state index contributed by atoms with van der Waals surface area (Å²) >= 11 is 0. The Labute approximate surface area is 181 Å². The molecule has 3 aromatic carbocycles. The Bertz CT molecular complexity index is 1010. The van der Waals surface area contributed by atoms with E-state index in [0.29, 0.717) is 23.6 Å². The van der Waals surface area contributed by atoms with Crippen LogP contribution in [0.15, 0.2) is 72.8 Å². The van der Waals surface area contributed by atoms with Gasteiger partial charge >= 0.3 is 5.97 Å². The molecule has 0 fully saturated rings. The summed E-state index contributed by atoms with van der Waals surface area (Å²) in [5, 5.41) is 2.73. The number of para-hydroxylation sites is 2. The van der Waals surface area contributed by atoms with E-state index >= 15 is 0 Å². The van der Waals surface area contributed by atoms with Gasteiger partial charge in [-0.25, -0.2) is 0 Å². The highest BCUT2D eigenvalue weighted by atomic mass is 16.5. The molecule has 0 aliphatic heterocycles. The summed E-state index contributed by atoms with van der Waals surface area (Å²) in [6.07, 6.45) is 0.713. The number of carbonyl (C=O) groups excluding carboxylic acids is 2. The van der Waals surface area contributed by atoms with Gasteiger partial charge in [-0.2, -0.15) is 0 Å². The molecule has 0 saturated carbocycles. The Morgan fingerprint density at radius 1 is 0.871 bits per heavy atom. The SMILES string of the molecule is COc1ccc(CCC(=O)OCC(=O)Nc2ccccc2Oc2ccc(C)cc2)cc1. The van der Waals surface area contributed by atoms with E-state index in [1.807, 2.05) is 61.5 Å². The van der Waals surface area contributed by atoms with Gasteiger partial charge < -0.3 is 19.5 Å². The second-order valence-electron chi connectivity index (χ2n) is 6.97. The van der Waals surface area contributed by atoms with E-state index in [4.69, 9.17) is 14.2 Å². The van der Waals surface area contributed by atoms with E-state index in [0.717, 1.165) is 16.9 Å². The van der Waals surface area contributed by atoms with E-state index in [-0.39, 0.29) is 13.0 Å². The lowest BCUT2D eigenvalue weighted by molar-refractivity contribution is -0.147. The number of benzene rings is 3. The molecule has 0 heterocycles. The molecule has 31 heavy (non-hydrogen) atoms. The minimum atomic E-state index is -0.435. The third-order valence-corrected chi connectivity index (χ3v) is 4.55. The second-order valence-corrected chi connectivity index (χ2v) is 6.97. The fraction of sp³-hybridized carbons (Fsp3) is 0.200. The molecule has 0 aliphatic rings. The Morgan fingerprint density at radius 2 is 1.55 bits per heavy atom. The van der Waals surface area contributed by atoms with Crippen molar-refractivity contribution < 1.29 is 23.8 Å². The Morgan fingerprint density at radius 3 is 2.26 bits per heavy atom. The highest BCUT2D eigenvalue weighted by molar-refractivity contribution is 5.94. The summed E-state index contributed by atoms with van der Waals surface area (Å²) in [6, 6.07) is 22.2. The molecule has 6 nitrogen and oxygen atoms in total. The lowest BCUT2D eigenvalue weighted by atomic mass is 10.1. The van der Waals surface area contributed by atoms with Crippen LogP contribution in [0.3, 0.4) is 0 Å². The third kappa shape index (κ3) is 6.89. The molecule has 1 N–H and O–H groups in total. The first-order chi connectivity index (χ1) is 15.0. The number of rotatable bonds is 9. The van der Waals surface area contributed by atoms with Gasteiger partial charge in [0.25, 0.3) is 5.91 Å². The Balaban J connectivity index is 1.47.